The Balaban J connectivity index is 2.13. The van der Waals surface area contributed by atoms with Crippen molar-refractivity contribution in [2.45, 2.75) is 77.4 Å². The van der Waals surface area contributed by atoms with E-state index in [-0.39, 0.29) is 23.7 Å². The highest BCUT2D eigenvalue weighted by molar-refractivity contribution is 5.87. The first kappa shape index (κ1) is 19.4. The maximum absolute atomic E-state index is 13.1. The molecule has 1 aromatic rings. The Labute approximate surface area is 149 Å². The number of amides is 2. The predicted octanol–water partition coefficient (Wildman–Crippen LogP) is 3.79. The summed E-state index contributed by atoms with van der Waals surface area (Å²) in [5.41, 5.74) is 0.831. The third-order valence-electron chi connectivity index (χ3n) is 4.82. The van der Waals surface area contributed by atoms with Crippen LogP contribution in [0.3, 0.4) is 0 Å². The average molecular weight is 348 g/mol. The molecule has 0 heterocycles. The summed E-state index contributed by atoms with van der Waals surface area (Å²) in [5, 5.41) is 3.11. The molecular weight excluding hydrogens is 319 g/mol. The summed E-state index contributed by atoms with van der Waals surface area (Å²) in [6.07, 6.45) is 6.04. The summed E-state index contributed by atoms with van der Waals surface area (Å²) in [5.74, 6) is -0.401. The first-order valence-electron chi connectivity index (χ1n) is 9.39. The third kappa shape index (κ3) is 5.55. The molecule has 0 spiro atoms. The van der Waals surface area contributed by atoms with Gasteiger partial charge in [-0.3, -0.25) is 9.59 Å². The van der Waals surface area contributed by atoms with Crippen LogP contribution in [0.25, 0.3) is 0 Å². The molecule has 2 amide bonds. The van der Waals surface area contributed by atoms with E-state index in [2.05, 4.69) is 5.32 Å². The van der Waals surface area contributed by atoms with Gasteiger partial charge in [0, 0.05) is 19.0 Å². The van der Waals surface area contributed by atoms with E-state index < -0.39 is 6.04 Å². The Morgan fingerprint density at radius 3 is 2.40 bits per heavy atom. The van der Waals surface area contributed by atoms with Gasteiger partial charge in [0.05, 0.1) is 0 Å². The number of halogens is 1. The van der Waals surface area contributed by atoms with E-state index in [1.165, 1.54) is 12.1 Å². The van der Waals surface area contributed by atoms with Crippen molar-refractivity contribution in [2.75, 3.05) is 0 Å². The number of nitrogens with zero attached hydrogens (tertiary/aromatic N) is 1. The molecule has 0 bridgehead atoms. The predicted molar refractivity (Wildman–Crippen MR) is 96.3 cm³/mol. The quantitative estimate of drug-likeness (QED) is 0.777. The van der Waals surface area contributed by atoms with Crippen LogP contribution in [0.4, 0.5) is 4.39 Å². The molecule has 1 aliphatic carbocycles. The van der Waals surface area contributed by atoms with E-state index in [9.17, 15) is 14.0 Å². The molecule has 1 aliphatic rings. The van der Waals surface area contributed by atoms with Gasteiger partial charge in [-0.15, -0.1) is 0 Å². The minimum atomic E-state index is -0.482. The molecule has 1 fully saturated rings. The van der Waals surface area contributed by atoms with Gasteiger partial charge in [-0.25, -0.2) is 4.39 Å². The summed E-state index contributed by atoms with van der Waals surface area (Å²) < 4.78 is 13.1. The van der Waals surface area contributed by atoms with E-state index >= 15 is 0 Å². The van der Waals surface area contributed by atoms with Gasteiger partial charge in [-0.1, -0.05) is 38.8 Å². The lowest BCUT2D eigenvalue weighted by molar-refractivity contribution is -0.141. The van der Waals surface area contributed by atoms with Crippen LogP contribution in [0.1, 0.15) is 64.4 Å². The molecule has 138 valence electrons. The van der Waals surface area contributed by atoms with Crippen LogP contribution in [0, 0.1) is 5.82 Å². The number of rotatable bonds is 8. The van der Waals surface area contributed by atoms with Crippen LogP contribution in [-0.2, 0) is 16.1 Å². The Hall–Kier alpha value is -1.91. The Kier molecular flexibility index (Phi) is 7.41. The number of benzene rings is 1. The van der Waals surface area contributed by atoms with Crippen LogP contribution in [0.2, 0.25) is 0 Å². The lowest BCUT2D eigenvalue weighted by atomic mass is 10.1. The van der Waals surface area contributed by atoms with Crippen molar-refractivity contribution < 1.29 is 14.0 Å². The van der Waals surface area contributed by atoms with Crippen LogP contribution in [0.15, 0.2) is 24.3 Å². The molecule has 1 aromatic carbocycles. The summed E-state index contributed by atoms with van der Waals surface area (Å²) in [6.45, 7) is 4.21. The van der Waals surface area contributed by atoms with Gasteiger partial charge in [-0.05, 0) is 43.4 Å². The van der Waals surface area contributed by atoms with Crippen molar-refractivity contribution in [1.82, 2.24) is 10.2 Å². The standard InChI is InChI=1S/C20H29FN2O2/c1-3-7-19(24)23(14-15-10-12-16(21)13-11-15)18(4-2)20(25)22-17-8-5-6-9-17/h10-13,17-18H,3-9,14H2,1-2H3,(H,22,25)/t18-/m0/s1. The van der Waals surface area contributed by atoms with Crippen LogP contribution < -0.4 is 5.32 Å². The fourth-order valence-electron chi connectivity index (χ4n) is 3.43. The molecular formula is C20H29FN2O2. The lowest BCUT2D eigenvalue weighted by Gasteiger charge is -2.31. The second-order valence-electron chi connectivity index (χ2n) is 6.81. The maximum atomic E-state index is 13.1. The zero-order valence-electron chi connectivity index (χ0n) is 15.3. The largest absolute Gasteiger partial charge is 0.352 e. The zero-order valence-corrected chi connectivity index (χ0v) is 15.3. The molecule has 0 aliphatic heterocycles. The molecule has 1 N–H and O–H groups in total. The fourth-order valence-corrected chi connectivity index (χ4v) is 3.43. The first-order chi connectivity index (χ1) is 12.0. The number of carbonyl (C=O) groups excluding carboxylic acids is 2. The summed E-state index contributed by atoms with van der Waals surface area (Å²) >= 11 is 0. The molecule has 0 aromatic heterocycles. The second-order valence-corrected chi connectivity index (χ2v) is 6.81. The SMILES string of the molecule is CCCC(=O)N(Cc1ccc(F)cc1)[C@@H](CC)C(=O)NC1CCCC1. The smallest absolute Gasteiger partial charge is 0.243 e. The summed E-state index contributed by atoms with van der Waals surface area (Å²) in [7, 11) is 0. The average Bonchev–Trinajstić information content (AvgIpc) is 3.09. The number of carbonyl (C=O) groups is 2. The van der Waals surface area contributed by atoms with E-state index in [4.69, 9.17) is 0 Å². The molecule has 1 atom stereocenters. The van der Waals surface area contributed by atoms with Gasteiger partial charge >= 0.3 is 0 Å². The molecule has 1 saturated carbocycles. The molecule has 5 heteroatoms. The van der Waals surface area contributed by atoms with E-state index in [1.807, 2.05) is 13.8 Å². The highest BCUT2D eigenvalue weighted by Gasteiger charge is 2.30. The maximum Gasteiger partial charge on any atom is 0.243 e. The summed E-state index contributed by atoms with van der Waals surface area (Å²) in [4.78, 5) is 27.0. The Morgan fingerprint density at radius 2 is 1.84 bits per heavy atom. The lowest BCUT2D eigenvalue weighted by Crippen LogP contribution is -2.50. The molecule has 0 unspecified atom stereocenters. The third-order valence-corrected chi connectivity index (χ3v) is 4.82. The van der Waals surface area contributed by atoms with Gasteiger partial charge in [0.15, 0.2) is 0 Å². The van der Waals surface area contributed by atoms with Crippen molar-refractivity contribution in [1.29, 1.82) is 0 Å². The number of nitrogens with one attached hydrogen (secondary N) is 1. The van der Waals surface area contributed by atoms with Gasteiger partial charge in [0.25, 0.3) is 0 Å². The minimum Gasteiger partial charge on any atom is -0.352 e. The molecule has 25 heavy (non-hydrogen) atoms. The molecule has 0 saturated heterocycles. The van der Waals surface area contributed by atoms with Crippen molar-refractivity contribution in [3.8, 4) is 0 Å². The van der Waals surface area contributed by atoms with E-state index in [0.717, 1.165) is 37.7 Å². The van der Waals surface area contributed by atoms with Crippen LogP contribution in [0.5, 0.6) is 0 Å². The summed E-state index contributed by atoms with van der Waals surface area (Å²) in [6, 6.07) is 5.86. The van der Waals surface area contributed by atoms with Gasteiger partial charge in [0.1, 0.15) is 11.9 Å². The number of hydrogen-bond acceptors (Lipinski definition) is 2. The minimum absolute atomic E-state index is 0.0275. The van der Waals surface area contributed by atoms with Gasteiger partial charge < -0.3 is 10.2 Å². The zero-order chi connectivity index (χ0) is 18.2. The highest BCUT2D eigenvalue weighted by atomic mass is 19.1. The highest BCUT2D eigenvalue weighted by Crippen LogP contribution is 2.19. The Bertz CT molecular complexity index is 568. The van der Waals surface area contributed by atoms with Crippen molar-refractivity contribution in [2.24, 2.45) is 0 Å². The van der Waals surface area contributed by atoms with E-state index in [0.29, 0.717) is 19.4 Å². The fraction of sp³-hybridized carbons (Fsp3) is 0.600. The van der Waals surface area contributed by atoms with Crippen molar-refractivity contribution in [3.05, 3.63) is 35.6 Å². The Morgan fingerprint density at radius 1 is 1.20 bits per heavy atom. The first-order valence-corrected chi connectivity index (χ1v) is 9.39. The van der Waals surface area contributed by atoms with Crippen LogP contribution in [-0.4, -0.2) is 28.8 Å². The van der Waals surface area contributed by atoms with E-state index in [1.54, 1.807) is 17.0 Å². The molecule has 0 radical (unpaired) electrons. The molecule has 4 nitrogen and oxygen atoms in total. The van der Waals surface area contributed by atoms with Crippen molar-refractivity contribution >= 4 is 11.8 Å². The van der Waals surface area contributed by atoms with Gasteiger partial charge in [-0.2, -0.15) is 0 Å². The molecule has 2 rings (SSSR count). The number of hydrogen-bond donors (Lipinski definition) is 1. The topological polar surface area (TPSA) is 49.4 Å². The van der Waals surface area contributed by atoms with Crippen molar-refractivity contribution in [3.63, 3.8) is 0 Å². The normalized spacial score (nSPS) is 15.8. The van der Waals surface area contributed by atoms with Crippen LogP contribution >= 0.6 is 0 Å². The monoisotopic (exact) mass is 348 g/mol. The second kappa shape index (κ2) is 9.54. The van der Waals surface area contributed by atoms with Gasteiger partial charge in [0.2, 0.25) is 11.8 Å².